The predicted octanol–water partition coefficient (Wildman–Crippen LogP) is 4.52. The maximum absolute atomic E-state index is 6.21. The number of hydrogen-bond acceptors (Lipinski definition) is 1. The van der Waals surface area contributed by atoms with E-state index in [9.17, 15) is 0 Å². The lowest BCUT2D eigenvalue weighted by molar-refractivity contribution is 0.391. The van der Waals surface area contributed by atoms with Crippen molar-refractivity contribution in [1.82, 2.24) is 0 Å². The molecule has 0 heterocycles. The summed E-state index contributed by atoms with van der Waals surface area (Å²) in [6.07, 6.45) is 5.33. The van der Waals surface area contributed by atoms with Crippen LogP contribution in [0.15, 0.2) is 18.2 Å². The third kappa shape index (κ3) is 2.77. The Morgan fingerprint density at radius 3 is 2.65 bits per heavy atom. The molecule has 0 spiro atoms. The molecule has 0 radical (unpaired) electrons. The number of methoxy groups -OCH3 is 1. The van der Waals surface area contributed by atoms with Crippen LogP contribution in [0.5, 0.6) is 5.75 Å². The zero-order valence-electron chi connectivity index (χ0n) is 10.7. The van der Waals surface area contributed by atoms with Crippen LogP contribution in [-0.2, 0) is 0 Å². The molecule has 0 N–H and O–H groups in total. The Kier molecular flexibility index (Phi) is 4.33. The Hall–Kier alpha value is -0.690. The monoisotopic (exact) mass is 252 g/mol. The number of ether oxygens (including phenoxy) is 1. The Morgan fingerprint density at radius 2 is 2.06 bits per heavy atom. The van der Waals surface area contributed by atoms with Gasteiger partial charge in [0.25, 0.3) is 0 Å². The average Bonchev–Trinajstić information content (AvgIpc) is 2.84. The fraction of sp³-hybridized carbons (Fsp3) is 0.600. The maximum Gasteiger partial charge on any atom is 0.122 e. The van der Waals surface area contributed by atoms with Gasteiger partial charge in [0, 0.05) is 11.8 Å². The molecule has 1 aliphatic rings. The van der Waals surface area contributed by atoms with Crippen molar-refractivity contribution in [2.24, 2.45) is 5.92 Å². The lowest BCUT2D eigenvalue weighted by atomic mass is 9.85. The highest BCUT2D eigenvalue weighted by atomic mass is 35.5. The maximum atomic E-state index is 6.21. The molecule has 1 aliphatic carbocycles. The zero-order chi connectivity index (χ0) is 12.3. The lowest BCUT2D eigenvalue weighted by Gasteiger charge is -2.23. The van der Waals surface area contributed by atoms with Gasteiger partial charge in [0.2, 0.25) is 0 Å². The Morgan fingerprint density at radius 1 is 1.35 bits per heavy atom. The normalized spacial score (nSPS) is 18.3. The van der Waals surface area contributed by atoms with Gasteiger partial charge in [0.05, 0.1) is 7.11 Å². The first-order chi connectivity index (χ1) is 8.26. The number of alkyl halides is 1. The first-order valence-corrected chi connectivity index (χ1v) is 7.00. The third-order valence-corrected chi connectivity index (χ3v) is 4.25. The topological polar surface area (TPSA) is 9.23 Å². The number of halogens is 1. The second kappa shape index (κ2) is 5.77. The lowest BCUT2D eigenvalue weighted by Crippen LogP contribution is -2.13. The Balaban J connectivity index is 2.31. The second-order valence-electron chi connectivity index (χ2n) is 5.05. The molecule has 0 bridgehead atoms. The van der Waals surface area contributed by atoms with E-state index in [1.165, 1.54) is 36.8 Å². The van der Waals surface area contributed by atoms with E-state index in [0.29, 0.717) is 11.8 Å². The van der Waals surface area contributed by atoms with Crippen molar-refractivity contribution in [2.45, 2.75) is 38.5 Å². The minimum absolute atomic E-state index is 0.453. The van der Waals surface area contributed by atoms with E-state index >= 15 is 0 Å². The highest BCUT2D eigenvalue weighted by molar-refractivity contribution is 6.18. The van der Waals surface area contributed by atoms with Gasteiger partial charge in [-0.2, -0.15) is 0 Å². The molecule has 1 atom stereocenters. The van der Waals surface area contributed by atoms with Crippen molar-refractivity contribution < 1.29 is 4.74 Å². The van der Waals surface area contributed by atoms with Crippen molar-refractivity contribution in [3.63, 3.8) is 0 Å². The summed E-state index contributed by atoms with van der Waals surface area (Å²) < 4.78 is 5.48. The largest absolute Gasteiger partial charge is 0.496 e. The van der Waals surface area contributed by atoms with E-state index in [2.05, 4.69) is 25.1 Å². The van der Waals surface area contributed by atoms with Gasteiger partial charge < -0.3 is 4.74 Å². The van der Waals surface area contributed by atoms with Gasteiger partial charge >= 0.3 is 0 Å². The van der Waals surface area contributed by atoms with E-state index in [1.807, 2.05) is 0 Å². The van der Waals surface area contributed by atoms with Gasteiger partial charge in [-0.1, -0.05) is 30.5 Å². The van der Waals surface area contributed by atoms with Crippen LogP contribution >= 0.6 is 11.6 Å². The molecule has 1 saturated carbocycles. The van der Waals surface area contributed by atoms with Gasteiger partial charge in [-0.05, 0) is 37.3 Å². The fourth-order valence-electron chi connectivity index (χ4n) is 2.97. The number of benzene rings is 1. The van der Waals surface area contributed by atoms with E-state index in [0.717, 1.165) is 11.7 Å². The molecule has 0 aromatic heterocycles. The summed E-state index contributed by atoms with van der Waals surface area (Å²) >= 11 is 6.21. The van der Waals surface area contributed by atoms with Crippen molar-refractivity contribution in [1.29, 1.82) is 0 Å². The molecule has 17 heavy (non-hydrogen) atoms. The molecule has 94 valence electrons. The van der Waals surface area contributed by atoms with Crippen molar-refractivity contribution in [3.05, 3.63) is 29.3 Å². The van der Waals surface area contributed by atoms with Crippen LogP contribution in [-0.4, -0.2) is 13.0 Å². The summed E-state index contributed by atoms with van der Waals surface area (Å²) in [5.74, 6) is 2.88. The molecule has 1 aromatic rings. The molecule has 0 aliphatic heterocycles. The van der Waals surface area contributed by atoms with Gasteiger partial charge in [0.15, 0.2) is 0 Å². The summed E-state index contributed by atoms with van der Waals surface area (Å²) in [4.78, 5) is 0. The molecule has 0 saturated heterocycles. The quantitative estimate of drug-likeness (QED) is 0.716. The summed E-state index contributed by atoms with van der Waals surface area (Å²) in [5, 5.41) is 0. The molecule has 1 fully saturated rings. The third-order valence-electron chi connectivity index (χ3n) is 3.92. The van der Waals surface area contributed by atoms with Gasteiger partial charge in [-0.25, -0.2) is 0 Å². The van der Waals surface area contributed by atoms with Crippen LogP contribution in [0.3, 0.4) is 0 Å². The van der Waals surface area contributed by atoms with Gasteiger partial charge in [0.1, 0.15) is 5.75 Å². The van der Waals surface area contributed by atoms with Crippen molar-refractivity contribution in [2.75, 3.05) is 13.0 Å². The van der Waals surface area contributed by atoms with Gasteiger partial charge in [-0.15, -0.1) is 11.6 Å². The first kappa shape index (κ1) is 12.8. The van der Waals surface area contributed by atoms with E-state index in [4.69, 9.17) is 16.3 Å². The van der Waals surface area contributed by atoms with Crippen LogP contribution in [0.2, 0.25) is 0 Å². The Labute approximate surface area is 109 Å². The van der Waals surface area contributed by atoms with E-state index in [1.54, 1.807) is 7.11 Å². The number of hydrogen-bond donors (Lipinski definition) is 0. The number of rotatable bonds is 4. The van der Waals surface area contributed by atoms with Crippen molar-refractivity contribution in [3.8, 4) is 5.75 Å². The highest BCUT2D eigenvalue weighted by Crippen LogP contribution is 2.41. The summed E-state index contributed by atoms with van der Waals surface area (Å²) in [5.41, 5.74) is 2.59. The molecular formula is C15H21ClO. The average molecular weight is 253 g/mol. The first-order valence-electron chi connectivity index (χ1n) is 6.46. The molecule has 1 unspecified atom stereocenters. The summed E-state index contributed by atoms with van der Waals surface area (Å²) in [6, 6.07) is 6.41. The van der Waals surface area contributed by atoms with Crippen LogP contribution in [0.4, 0.5) is 0 Å². The molecule has 1 nitrogen and oxygen atoms in total. The Bertz CT molecular complexity index is 369. The van der Waals surface area contributed by atoms with Crippen molar-refractivity contribution >= 4 is 11.6 Å². The summed E-state index contributed by atoms with van der Waals surface area (Å²) in [6.45, 7) is 2.13. The minimum Gasteiger partial charge on any atom is -0.496 e. The standard InChI is InChI=1S/C15H21ClO/c1-11-7-8-15(17-2)13(9-11)14(10-16)12-5-3-4-6-12/h7-9,12,14H,3-6,10H2,1-2H3. The highest BCUT2D eigenvalue weighted by Gasteiger charge is 2.27. The van der Waals surface area contributed by atoms with E-state index in [-0.39, 0.29) is 0 Å². The molecule has 1 aromatic carbocycles. The van der Waals surface area contributed by atoms with Crippen LogP contribution < -0.4 is 4.74 Å². The minimum atomic E-state index is 0.453. The molecule has 2 heteroatoms. The molecular weight excluding hydrogens is 232 g/mol. The van der Waals surface area contributed by atoms with E-state index < -0.39 is 0 Å². The zero-order valence-corrected chi connectivity index (χ0v) is 11.5. The summed E-state index contributed by atoms with van der Waals surface area (Å²) in [7, 11) is 1.74. The molecule has 0 amide bonds. The van der Waals surface area contributed by atoms with Crippen LogP contribution in [0.1, 0.15) is 42.7 Å². The van der Waals surface area contributed by atoms with Crippen LogP contribution in [0, 0.1) is 12.8 Å². The predicted molar refractivity (Wildman–Crippen MR) is 73.2 cm³/mol. The number of aryl methyl sites for hydroxylation is 1. The molecule has 2 rings (SSSR count). The SMILES string of the molecule is COc1ccc(C)cc1C(CCl)C1CCCC1. The van der Waals surface area contributed by atoms with Crippen LogP contribution in [0.25, 0.3) is 0 Å². The second-order valence-corrected chi connectivity index (χ2v) is 5.36. The van der Waals surface area contributed by atoms with Gasteiger partial charge in [-0.3, -0.25) is 0 Å². The smallest absolute Gasteiger partial charge is 0.122 e. The fourth-order valence-corrected chi connectivity index (χ4v) is 3.38.